The van der Waals surface area contributed by atoms with Crippen molar-refractivity contribution < 1.29 is 4.79 Å². The number of para-hydroxylation sites is 1. The fourth-order valence-corrected chi connectivity index (χ4v) is 4.06. The van der Waals surface area contributed by atoms with Crippen LogP contribution in [-0.4, -0.2) is 26.1 Å². The summed E-state index contributed by atoms with van der Waals surface area (Å²) in [5.41, 5.74) is 2.63. The molecule has 0 spiro atoms. The first-order chi connectivity index (χ1) is 10.8. The van der Waals surface area contributed by atoms with Gasteiger partial charge in [-0.1, -0.05) is 18.2 Å². The molecule has 0 saturated carbocycles. The van der Waals surface area contributed by atoms with Gasteiger partial charge in [-0.2, -0.15) is 4.68 Å². The van der Waals surface area contributed by atoms with Crippen LogP contribution >= 0.6 is 11.3 Å². The molecule has 7 heteroatoms. The molecule has 1 N–H and O–H groups in total. The van der Waals surface area contributed by atoms with E-state index in [1.807, 2.05) is 30.3 Å². The first kappa shape index (κ1) is 13.1. The lowest BCUT2D eigenvalue weighted by atomic mass is 10.1. The standard InChI is InChI=1S/C15H13N5OS/c21-14(17-10-5-2-1-3-6-10)13-11-7-4-8-12(11)22-15(13)20-9-16-18-19-20/h1-3,5-6,9H,4,7-8H2,(H,17,21). The molecule has 1 aliphatic rings. The second-order valence-corrected chi connectivity index (χ2v) is 6.20. The van der Waals surface area contributed by atoms with Crippen molar-refractivity contribution in [3.05, 3.63) is 52.7 Å². The lowest BCUT2D eigenvalue weighted by Crippen LogP contribution is -2.15. The fourth-order valence-electron chi connectivity index (χ4n) is 2.75. The van der Waals surface area contributed by atoms with Gasteiger partial charge in [0.2, 0.25) is 0 Å². The van der Waals surface area contributed by atoms with Crippen molar-refractivity contribution in [1.29, 1.82) is 0 Å². The minimum atomic E-state index is -0.101. The molecule has 1 aromatic carbocycles. The van der Waals surface area contributed by atoms with E-state index in [0.717, 1.165) is 35.5 Å². The minimum absolute atomic E-state index is 0.101. The maximum atomic E-state index is 12.8. The zero-order chi connectivity index (χ0) is 14.9. The minimum Gasteiger partial charge on any atom is -0.322 e. The number of aryl methyl sites for hydroxylation is 1. The molecule has 0 fully saturated rings. The summed E-state index contributed by atoms with van der Waals surface area (Å²) in [6.45, 7) is 0. The summed E-state index contributed by atoms with van der Waals surface area (Å²) in [4.78, 5) is 14.0. The number of hydrogen-bond acceptors (Lipinski definition) is 5. The molecule has 0 aliphatic heterocycles. The molecule has 1 aliphatic carbocycles. The molecule has 0 radical (unpaired) electrons. The topological polar surface area (TPSA) is 72.7 Å². The molecule has 1 amide bonds. The highest BCUT2D eigenvalue weighted by atomic mass is 32.1. The maximum Gasteiger partial charge on any atom is 0.259 e. The van der Waals surface area contributed by atoms with Crippen LogP contribution in [0.4, 0.5) is 5.69 Å². The highest BCUT2D eigenvalue weighted by Crippen LogP contribution is 2.37. The van der Waals surface area contributed by atoms with Crippen molar-refractivity contribution >= 4 is 22.9 Å². The molecule has 2 aromatic heterocycles. The molecule has 0 atom stereocenters. The number of carbonyl (C=O) groups excluding carboxylic acids is 1. The highest BCUT2D eigenvalue weighted by molar-refractivity contribution is 7.15. The van der Waals surface area contributed by atoms with E-state index in [2.05, 4.69) is 20.8 Å². The Hall–Kier alpha value is -2.54. The van der Waals surface area contributed by atoms with Crippen LogP contribution in [0.2, 0.25) is 0 Å². The highest BCUT2D eigenvalue weighted by Gasteiger charge is 2.28. The molecule has 0 saturated heterocycles. The average molecular weight is 311 g/mol. The number of rotatable bonds is 3. The van der Waals surface area contributed by atoms with Gasteiger partial charge in [0.05, 0.1) is 5.56 Å². The SMILES string of the molecule is O=C(Nc1ccccc1)c1c(-n2cnnn2)sc2c1CCC2. The maximum absolute atomic E-state index is 12.8. The van der Waals surface area contributed by atoms with Crippen molar-refractivity contribution in [2.24, 2.45) is 0 Å². The van der Waals surface area contributed by atoms with E-state index in [-0.39, 0.29) is 5.91 Å². The number of nitrogens with zero attached hydrogens (tertiary/aromatic N) is 4. The van der Waals surface area contributed by atoms with Crippen molar-refractivity contribution in [2.45, 2.75) is 19.3 Å². The lowest BCUT2D eigenvalue weighted by Gasteiger charge is -2.07. The molecule has 3 aromatic rings. The van der Waals surface area contributed by atoms with Gasteiger partial charge in [-0.05, 0) is 47.4 Å². The van der Waals surface area contributed by atoms with E-state index >= 15 is 0 Å². The number of nitrogens with one attached hydrogen (secondary N) is 1. The molecule has 110 valence electrons. The molecular formula is C15H13N5OS. The number of fused-ring (bicyclic) bond motifs is 1. The summed E-state index contributed by atoms with van der Waals surface area (Å²) in [5.74, 6) is -0.101. The van der Waals surface area contributed by atoms with E-state index < -0.39 is 0 Å². The van der Waals surface area contributed by atoms with Crippen molar-refractivity contribution in [3.63, 3.8) is 0 Å². The van der Waals surface area contributed by atoms with Gasteiger partial charge in [-0.15, -0.1) is 16.4 Å². The molecular weight excluding hydrogens is 298 g/mol. The number of tetrazole rings is 1. The van der Waals surface area contributed by atoms with E-state index in [1.165, 1.54) is 11.2 Å². The van der Waals surface area contributed by atoms with Gasteiger partial charge in [0.25, 0.3) is 5.91 Å². The second-order valence-electron chi connectivity index (χ2n) is 5.11. The van der Waals surface area contributed by atoms with Crippen molar-refractivity contribution in [1.82, 2.24) is 20.2 Å². The quantitative estimate of drug-likeness (QED) is 0.806. The van der Waals surface area contributed by atoms with E-state index in [1.54, 1.807) is 16.0 Å². The van der Waals surface area contributed by atoms with Crippen LogP contribution in [0.1, 0.15) is 27.2 Å². The fraction of sp³-hybridized carbons (Fsp3) is 0.200. The predicted octanol–water partition coefficient (Wildman–Crippen LogP) is 2.46. The Morgan fingerprint density at radius 3 is 2.86 bits per heavy atom. The third kappa shape index (κ3) is 2.19. The number of aromatic nitrogens is 4. The summed E-state index contributed by atoms with van der Waals surface area (Å²) >= 11 is 1.60. The first-order valence-corrected chi connectivity index (χ1v) is 7.89. The summed E-state index contributed by atoms with van der Waals surface area (Å²) < 4.78 is 1.57. The third-order valence-corrected chi connectivity index (χ3v) is 5.00. The van der Waals surface area contributed by atoms with Crippen LogP contribution < -0.4 is 5.32 Å². The van der Waals surface area contributed by atoms with Crippen LogP contribution in [0.25, 0.3) is 5.00 Å². The Balaban J connectivity index is 1.75. The summed E-state index contributed by atoms with van der Waals surface area (Å²) in [6, 6.07) is 9.47. The summed E-state index contributed by atoms with van der Waals surface area (Å²) in [6.07, 6.45) is 4.59. The van der Waals surface area contributed by atoms with Gasteiger partial charge in [-0.25, -0.2) is 0 Å². The summed E-state index contributed by atoms with van der Waals surface area (Å²) in [5, 5.41) is 15.0. The Bertz CT molecular complexity index is 810. The van der Waals surface area contributed by atoms with E-state index in [4.69, 9.17) is 0 Å². The number of hydrogen-bond donors (Lipinski definition) is 1. The van der Waals surface area contributed by atoms with Crippen LogP contribution in [-0.2, 0) is 12.8 Å². The first-order valence-electron chi connectivity index (χ1n) is 7.07. The Kier molecular flexibility index (Phi) is 3.19. The number of thiophene rings is 1. The number of carbonyl (C=O) groups is 1. The van der Waals surface area contributed by atoms with Crippen LogP contribution in [0.3, 0.4) is 0 Å². The summed E-state index contributed by atoms with van der Waals surface area (Å²) in [7, 11) is 0. The normalized spacial score (nSPS) is 13.1. The Morgan fingerprint density at radius 1 is 1.23 bits per heavy atom. The van der Waals surface area contributed by atoms with Gasteiger partial charge in [0.15, 0.2) is 0 Å². The second kappa shape index (κ2) is 5.34. The molecule has 4 rings (SSSR count). The van der Waals surface area contributed by atoms with Crippen molar-refractivity contribution in [3.8, 4) is 5.00 Å². The molecule has 2 heterocycles. The van der Waals surface area contributed by atoms with Gasteiger partial charge >= 0.3 is 0 Å². The van der Waals surface area contributed by atoms with E-state index in [0.29, 0.717) is 5.56 Å². The van der Waals surface area contributed by atoms with Crippen LogP contribution in [0, 0.1) is 0 Å². The van der Waals surface area contributed by atoms with Gasteiger partial charge in [0.1, 0.15) is 11.3 Å². The Labute approximate surface area is 130 Å². The van der Waals surface area contributed by atoms with Gasteiger partial charge in [0, 0.05) is 10.6 Å². The predicted molar refractivity (Wildman–Crippen MR) is 83.5 cm³/mol. The van der Waals surface area contributed by atoms with Crippen LogP contribution in [0.15, 0.2) is 36.7 Å². The monoisotopic (exact) mass is 311 g/mol. The average Bonchev–Trinajstić information content (AvgIpc) is 3.24. The third-order valence-electron chi connectivity index (χ3n) is 3.72. The zero-order valence-electron chi connectivity index (χ0n) is 11.7. The number of amides is 1. The van der Waals surface area contributed by atoms with Crippen molar-refractivity contribution in [2.75, 3.05) is 5.32 Å². The Morgan fingerprint density at radius 2 is 2.09 bits per heavy atom. The molecule has 0 unspecified atom stereocenters. The smallest absolute Gasteiger partial charge is 0.259 e. The largest absolute Gasteiger partial charge is 0.322 e. The molecule has 0 bridgehead atoms. The lowest BCUT2D eigenvalue weighted by molar-refractivity contribution is 0.102. The van der Waals surface area contributed by atoms with Gasteiger partial charge in [-0.3, -0.25) is 4.79 Å². The zero-order valence-corrected chi connectivity index (χ0v) is 12.5. The number of anilines is 1. The number of benzene rings is 1. The van der Waals surface area contributed by atoms with Crippen LogP contribution in [0.5, 0.6) is 0 Å². The molecule has 22 heavy (non-hydrogen) atoms. The molecule has 6 nitrogen and oxygen atoms in total. The van der Waals surface area contributed by atoms with Gasteiger partial charge < -0.3 is 5.32 Å². The van der Waals surface area contributed by atoms with E-state index in [9.17, 15) is 4.79 Å².